The van der Waals surface area contributed by atoms with Gasteiger partial charge in [0.25, 0.3) is 0 Å². The molecule has 0 spiro atoms. The van der Waals surface area contributed by atoms with E-state index in [9.17, 15) is 14.0 Å². The van der Waals surface area contributed by atoms with Crippen molar-refractivity contribution in [2.24, 2.45) is 0 Å². The van der Waals surface area contributed by atoms with Gasteiger partial charge in [0.05, 0.1) is 5.75 Å². The van der Waals surface area contributed by atoms with Gasteiger partial charge in [0.1, 0.15) is 11.9 Å². The third-order valence-corrected chi connectivity index (χ3v) is 3.90. The van der Waals surface area contributed by atoms with Crippen molar-refractivity contribution >= 4 is 35.2 Å². The molecule has 1 rings (SSSR count). The number of likely N-dealkylation sites (N-methyl/N-ethyl adjacent to an activating group) is 1. The molecule has 4 nitrogen and oxygen atoms in total. The number of rotatable bonds is 6. The predicted octanol–water partition coefficient (Wildman–Crippen LogP) is 2.31. The molecule has 0 fully saturated rings. The van der Waals surface area contributed by atoms with Gasteiger partial charge in [-0.25, -0.2) is 4.39 Å². The second kappa shape index (κ2) is 8.24. The molecule has 0 saturated carbocycles. The monoisotopic (exact) mass is 332 g/mol. The number of benzene rings is 1. The highest BCUT2D eigenvalue weighted by atomic mass is 35.5. The van der Waals surface area contributed by atoms with Crippen LogP contribution in [-0.2, 0) is 15.3 Å². The summed E-state index contributed by atoms with van der Waals surface area (Å²) in [5.41, 5.74) is 0.456. The molecule has 1 unspecified atom stereocenters. The Hall–Kier alpha value is -1.27. The third kappa shape index (κ3) is 5.93. The SMILES string of the molecule is CC(NC(=O)CSCc1cc(Cl)ccc1F)C(=O)N(C)C. The zero-order valence-electron chi connectivity index (χ0n) is 12.2. The summed E-state index contributed by atoms with van der Waals surface area (Å²) in [7, 11) is 3.25. The smallest absolute Gasteiger partial charge is 0.244 e. The number of hydrogen-bond acceptors (Lipinski definition) is 3. The molecule has 0 radical (unpaired) electrons. The summed E-state index contributed by atoms with van der Waals surface area (Å²) in [6, 6.07) is 3.75. The van der Waals surface area contributed by atoms with Crippen molar-refractivity contribution < 1.29 is 14.0 Å². The summed E-state index contributed by atoms with van der Waals surface area (Å²) in [6.45, 7) is 1.63. The molecule has 1 N–H and O–H groups in total. The van der Waals surface area contributed by atoms with Crippen molar-refractivity contribution in [2.45, 2.75) is 18.7 Å². The molecule has 116 valence electrons. The lowest BCUT2D eigenvalue weighted by Gasteiger charge is -2.17. The van der Waals surface area contributed by atoms with Crippen LogP contribution in [0.2, 0.25) is 5.02 Å². The van der Waals surface area contributed by atoms with Gasteiger partial charge in [0.15, 0.2) is 0 Å². The first-order valence-electron chi connectivity index (χ1n) is 6.33. The molecule has 0 aliphatic rings. The second-order valence-corrected chi connectivity index (χ2v) is 6.17. The van der Waals surface area contributed by atoms with Crippen LogP contribution in [0.5, 0.6) is 0 Å². The number of carbonyl (C=O) groups excluding carboxylic acids is 2. The summed E-state index contributed by atoms with van der Waals surface area (Å²) in [5, 5.41) is 3.06. The standard InChI is InChI=1S/C14H18ClFN2O2S/c1-9(14(20)18(2)3)17-13(19)8-21-7-10-6-11(15)4-5-12(10)16/h4-6,9H,7-8H2,1-3H3,(H,17,19). The average Bonchev–Trinajstić information content (AvgIpc) is 2.41. The van der Waals surface area contributed by atoms with Gasteiger partial charge in [-0.15, -0.1) is 11.8 Å². The lowest BCUT2D eigenvalue weighted by Crippen LogP contribution is -2.44. The second-order valence-electron chi connectivity index (χ2n) is 4.75. The fourth-order valence-electron chi connectivity index (χ4n) is 1.64. The fraction of sp³-hybridized carbons (Fsp3) is 0.429. The molecule has 7 heteroatoms. The molecular weight excluding hydrogens is 315 g/mol. The van der Waals surface area contributed by atoms with E-state index < -0.39 is 6.04 Å². The van der Waals surface area contributed by atoms with Gasteiger partial charge >= 0.3 is 0 Å². The van der Waals surface area contributed by atoms with E-state index in [0.717, 1.165) is 0 Å². The van der Waals surface area contributed by atoms with Crippen LogP contribution in [0.4, 0.5) is 4.39 Å². The Balaban J connectivity index is 2.40. The number of nitrogens with one attached hydrogen (secondary N) is 1. The Labute approximate surface area is 133 Å². The van der Waals surface area contributed by atoms with Crippen molar-refractivity contribution in [1.82, 2.24) is 10.2 Å². The molecule has 0 heterocycles. The number of halogens is 2. The molecule has 1 aromatic carbocycles. The van der Waals surface area contributed by atoms with Crippen molar-refractivity contribution in [1.29, 1.82) is 0 Å². The Kier molecular flexibility index (Phi) is 6.98. The third-order valence-electron chi connectivity index (χ3n) is 2.69. The summed E-state index contributed by atoms with van der Waals surface area (Å²) in [5.74, 6) is -0.282. The predicted molar refractivity (Wildman–Crippen MR) is 83.9 cm³/mol. The molecule has 0 saturated heterocycles. The van der Waals surface area contributed by atoms with Crippen LogP contribution in [0.1, 0.15) is 12.5 Å². The lowest BCUT2D eigenvalue weighted by molar-refractivity contribution is -0.133. The van der Waals surface area contributed by atoms with E-state index in [4.69, 9.17) is 11.6 Å². The minimum atomic E-state index is -0.573. The number of amides is 2. The van der Waals surface area contributed by atoms with E-state index in [1.54, 1.807) is 27.1 Å². The van der Waals surface area contributed by atoms with E-state index in [1.807, 2.05) is 0 Å². The number of thioether (sulfide) groups is 1. The summed E-state index contributed by atoms with van der Waals surface area (Å²) < 4.78 is 13.5. The number of nitrogens with zero attached hydrogens (tertiary/aromatic N) is 1. The Bertz CT molecular complexity index is 526. The minimum Gasteiger partial charge on any atom is -0.347 e. The molecule has 1 atom stereocenters. The molecule has 0 bridgehead atoms. The van der Waals surface area contributed by atoms with Crippen LogP contribution >= 0.6 is 23.4 Å². The zero-order valence-corrected chi connectivity index (χ0v) is 13.7. The maximum Gasteiger partial charge on any atom is 0.244 e. The first-order chi connectivity index (χ1) is 9.81. The highest BCUT2D eigenvalue weighted by Crippen LogP contribution is 2.19. The van der Waals surface area contributed by atoms with Gasteiger partial charge in [0, 0.05) is 24.9 Å². The van der Waals surface area contributed by atoms with Crippen molar-refractivity contribution in [3.05, 3.63) is 34.6 Å². The van der Waals surface area contributed by atoms with Crippen LogP contribution in [0.3, 0.4) is 0 Å². The molecule has 0 aromatic heterocycles. The van der Waals surface area contributed by atoms with Gasteiger partial charge in [-0.3, -0.25) is 9.59 Å². The maximum atomic E-state index is 13.5. The highest BCUT2D eigenvalue weighted by Gasteiger charge is 2.17. The van der Waals surface area contributed by atoms with Crippen LogP contribution < -0.4 is 5.32 Å². The van der Waals surface area contributed by atoms with E-state index >= 15 is 0 Å². The summed E-state index contributed by atoms with van der Waals surface area (Å²) in [4.78, 5) is 24.7. The molecule has 21 heavy (non-hydrogen) atoms. The maximum absolute atomic E-state index is 13.5. The lowest BCUT2D eigenvalue weighted by atomic mass is 10.2. The zero-order chi connectivity index (χ0) is 16.0. The van der Waals surface area contributed by atoms with Crippen LogP contribution in [-0.4, -0.2) is 42.6 Å². The van der Waals surface area contributed by atoms with Crippen LogP contribution in [0.25, 0.3) is 0 Å². The van der Waals surface area contributed by atoms with E-state index in [-0.39, 0.29) is 23.4 Å². The number of hydrogen-bond donors (Lipinski definition) is 1. The van der Waals surface area contributed by atoms with Crippen molar-refractivity contribution in [3.8, 4) is 0 Å². The van der Waals surface area contributed by atoms with E-state index in [2.05, 4.69) is 5.32 Å². The van der Waals surface area contributed by atoms with Gasteiger partial charge in [0.2, 0.25) is 11.8 Å². The van der Waals surface area contributed by atoms with Crippen LogP contribution in [0.15, 0.2) is 18.2 Å². The normalized spacial score (nSPS) is 11.9. The molecular formula is C14H18ClFN2O2S. The topological polar surface area (TPSA) is 49.4 Å². The van der Waals surface area contributed by atoms with Gasteiger partial charge < -0.3 is 10.2 Å². The van der Waals surface area contributed by atoms with Crippen molar-refractivity contribution in [2.75, 3.05) is 19.8 Å². The Morgan fingerprint density at radius 2 is 2.10 bits per heavy atom. The average molecular weight is 333 g/mol. The quantitative estimate of drug-likeness (QED) is 0.869. The van der Waals surface area contributed by atoms with E-state index in [1.165, 1.54) is 28.8 Å². The first kappa shape index (κ1) is 17.8. The molecule has 2 amide bonds. The van der Waals surface area contributed by atoms with Gasteiger partial charge in [-0.05, 0) is 30.7 Å². The fourth-order valence-corrected chi connectivity index (χ4v) is 2.65. The van der Waals surface area contributed by atoms with Gasteiger partial charge in [-0.1, -0.05) is 11.6 Å². The molecule has 1 aromatic rings. The Morgan fingerprint density at radius 3 is 2.71 bits per heavy atom. The van der Waals surface area contributed by atoms with E-state index in [0.29, 0.717) is 16.3 Å². The molecule has 0 aliphatic heterocycles. The summed E-state index contributed by atoms with van der Waals surface area (Å²) >= 11 is 7.06. The van der Waals surface area contributed by atoms with Crippen LogP contribution in [0, 0.1) is 5.82 Å². The first-order valence-corrected chi connectivity index (χ1v) is 7.86. The van der Waals surface area contributed by atoms with Gasteiger partial charge in [-0.2, -0.15) is 0 Å². The largest absolute Gasteiger partial charge is 0.347 e. The highest BCUT2D eigenvalue weighted by molar-refractivity contribution is 7.99. The Morgan fingerprint density at radius 1 is 1.43 bits per heavy atom. The summed E-state index contributed by atoms with van der Waals surface area (Å²) in [6.07, 6.45) is 0. The van der Waals surface area contributed by atoms with Crippen molar-refractivity contribution in [3.63, 3.8) is 0 Å². The number of carbonyl (C=O) groups is 2. The minimum absolute atomic E-state index is 0.150. The molecule has 0 aliphatic carbocycles.